The minimum absolute atomic E-state index is 0.255. The average molecular weight is 237 g/mol. The molecular formula is C11H15N3OS. The molecule has 0 aliphatic heterocycles. The third-order valence-corrected chi connectivity index (χ3v) is 3.53. The highest BCUT2D eigenvalue weighted by atomic mass is 32.1. The van der Waals surface area contributed by atoms with Gasteiger partial charge in [0, 0.05) is 11.1 Å². The Labute approximate surface area is 99.3 Å². The average Bonchev–Trinajstić information content (AvgIpc) is 2.67. The van der Waals surface area contributed by atoms with E-state index in [-0.39, 0.29) is 5.91 Å². The normalized spacial score (nSPS) is 10.9. The molecule has 1 N–H and O–H groups in total. The van der Waals surface area contributed by atoms with Crippen molar-refractivity contribution in [1.29, 1.82) is 5.26 Å². The summed E-state index contributed by atoms with van der Waals surface area (Å²) in [7, 11) is 0. The van der Waals surface area contributed by atoms with Crippen LogP contribution < -0.4 is 5.32 Å². The Morgan fingerprint density at radius 3 is 2.62 bits per heavy atom. The fraction of sp³-hybridized carbons (Fsp3) is 0.545. The minimum Gasteiger partial charge on any atom is -0.301 e. The van der Waals surface area contributed by atoms with Gasteiger partial charge in [-0.3, -0.25) is 4.79 Å². The number of carbonyl (C=O) groups is 1. The first-order valence-corrected chi connectivity index (χ1v) is 6.04. The number of amides is 1. The van der Waals surface area contributed by atoms with Gasteiger partial charge in [-0.15, -0.1) is 11.3 Å². The van der Waals surface area contributed by atoms with Crippen LogP contribution in [-0.2, 0) is 4.79 Å². The molecule has 0 atom stereocenters. The van der Waals surface area contributed by atoms with E-state index < -0.39 is 5.41 Å². The van der Waals surface area contributed by atoms with Gasteiger partial charge in [0.2, 0.25) is 5.91 Å². The van der Waals surface area contributed by atoms with E-state index in [0.717, 1.165) is 4.88 Å². The van der Waals surface area contributed by atoms with Crippen LogP contribution in [0.15, 0.2) is 6.20 Å². The van der Waals surface area contributed by atoms with E-state index in [1.165, 1.54) is 11.3 Å². The summed E-state index contributed by atoms with van der Waals surface area (Å²) in [6.45, 7) is 5.61. The molecule has 1 aromatic heterocycles. The molecule has 0 bridgehead atoms. The molecule has 0 fully saturated rings. The number of hydrogen-bond acceptors (Lipinski definition) is 4. The predicted molar refractivity (Wildman–Crippen MR) is 64.1 cm³/mol. The van der Waals surface area contributed by atoms with Crippen LogP contribution >= 0.6 is 11.3 Å². The molecule has 86 valence electrons. The summed E-state index contributed by atoms with van der Waals surface area (Å²) in [5, 5.41) is 12.4. The SMILES string of the molecule is CCC(C#N)(CC)C(=O)Nc1ncc(C)s1. The summed E-state index contributed by atoms with van der Waals surface area (Å²) in [6, 6.07) is 2.11. The standard InChI is InChI=1S/C11H15N3OS/c1-4-11(5-2,7-12)9(15)14-10-13-6-8(3)16-10/h6H,4-5H2,1-3H3,(H,13,14,15). The van der Waals surface area contributed by atoms with Crippen molar-refractivity contribution in [2.24, 2.45) is 5.41 Å². The van der Waals surface area contributed by atoms with Crippen LogP contribution in [0.4, 0.5) is 5.13 Å². The van der Waals surface area contributed by atoms with Gasteiger partial charge in [0.25, 0.3) is 0 Å². The Bertz CT molecular complexity index is 415. The second-order valence-corrected chi connectivity index (χ2v) is 4.87. The van der Waals surface area contributed by atoms with Gasteiger partial charge in [-0.05, 0) is 19.8 Å². The summed E-state index contributed by atoms with van der Waals surface area (Å²) in [6.07, 6.45) is 2.72. The smallest absolute Gasteiger partial charge is 0.246 e. The molecule has 1 heterocycles. The molecule has 4 nitrogen and oxygen atoms in total. The monoisotopic (exact) mass is 237 g/mol. The Hall–Kier alpha value is -1.41. The number of hydrogen-bond donors (Lipinski definition) is 1. The number of anilines is 1. The number of aromatic nitrogens is 1. The molecule has 1 aromatic rings. The predicted octanol–water partition coefficient (Wildman–Crippen LogP) is 2.72. The molecule has 0 saturated carbocycles. The first-order chi connectivity index (χ1) is 7.57. The zero-order valence-electron chi connectivity index (χ0n) is 9.70. The molecule has 16 heavy (non-hydrogen) atoms. The van der Waals surface area contributed by atoms with Gasteiger partial charge in [0.05, 0.1) is 6.07 Å². The van der Waals surface area contributed by atoms with Crippen molar-refractivity contribution in [1.82, 2.24) is 4.98 Å². The van der Waals surface area contributed by atoms with E-state index in [9.17, 15) is 4.79 Å². The first-order valence-electron chi connectivity index (χ1n) is 5.23. The Morgan fingerprint density at radius 1 is 1.62 bits per heavy atom. The van der Waals surface area contributed by atoms with Crippen molar-refractivity contribution in [3.05, 3.63) is 11.1 Å². The molecule has 1 rings (SSSR count). The van der Waals surface area contributed by atoms with E-state index in [1.807, 2.05) is 20.8 Å². The van der Waals surface area contributed by atoms with Crippen molar-refractivity contribution in [2.75, 3.05) is 5.32 Å². The minimum atomic E-state index is -0.931. The summed E-state index contributed by atoms with van der Waals surface area (Å²) in [5.41, 5.74) is -0.931. The molecule has 0 aliphatic carbocycles. The molecule has 0 spiro atoms. The third-order valence-electron chi connectivity index (χ3n) is 2.70. The number of carbonyl (C=O) groups excluding carboxylic acids is 1. The van der Waals surface area contributed by atoms with E-state index in [0.29, 0.717) is 18.0 Å². The van der Waals surface area contributed by atoms with Gasteiger partial charge in [-0.2, -0.15) is 5.26 Å². The van der Waals surface area contributed by atoms with Gasteiger partial charge in [-0.25, -0.2) is 4.98 Å². The Morgan fingerprint density at radius 2 is 2.25 bits per heavy atom. The molecule has 1 amide bonds. The van der Waals surface area contributed by atoms with Gasteiger partial charge >= 0.3 is 0 Å². The number of nitrogens with one attached hydrogen (secondary N) is 1. The van der Waals surface area contributed by atoms with Crippen LogP contribution in [0.3, 0.4) is 0 Å². The zero-order valence-corrected chi connectivity index (χ0v) is 10.5. The van der Waals surface area contributed by atoms with Crippen molar-refractivity contribution in [3.8, 4) is 6.07 Å². The van der Waals surface area contributed by atoms with Crippen LogP contribution in [0.25, 0.3) is 0 Å². The number of aryl methyl sites for hydroxylation is 1. The quantitative estimate of drug-likeness (QED) is 0.875. The maximum atomic E-state index is 12.0. The molecule has 0 aliphatic rings. The van der Waals surface area contributed by atoms with Gasteiger partial charge in [0.15, 0.2) is 5.13 Å². The maximum absolute atomic E-state index is 12.0. The summed E-state index contributed by atoms with van der Waals surface area (Å²) >= 11 is 1.41. The van der Waals surface area contributed by atoms with E-state index in [4.69, 9.17) is 5.26 Å². The van der Waals surface area contributed by atoms with Crippen molar-refractivity contribution in [2.45, 2.75) is 33.6 Å². The van der Waals surface area contributed by atoms with Crippen molar-refractivity contribution in [3.63, 3.8) is 0 Å². The first kappa shape index (κ1) is 12.7. The van der Waals surface area contributed by atoms with E-state index >= 15 is 0 Å². The number of thiazole rings is 1. The topological polar surface area (TPSA) is 65.8 Å². The second kappa shape index (κ2) is 5.08. The molecule has 0 unspecified atom stereocenters. The lowest BCUT2D eigenvalue weighted by Gasteiger charge is -2.21. The largest absolute Gasteiger partial charge is 0.301 e. The van der Waals surface area contributed by atoms with Crippen molar-refractivity contribution < 1.29 is 4.79 Å². The van der Waals surface area contributed by atoms with Crippen LogP contribution in [0.1, 0.15) is 31.6 Å². The van der Waals surface area contributed by atoms with Gasteiger partial charge < -0.3 is 5.32 Å². The highest BCUT2D eigenvalue weighted by molar-refractivity contribution is 7.15. The number of nitriles is 1. The van der Waals surface area contributed by atoms with Crippen LogP contribution in [0, 0.1) is 23.7 Å². The fourth-order valence-electron chi connectivity index (χ4n) is 1.41. The third kappa shape index (κ3) is 2.39. The van der Waals surface area contributed by atoms with E-state index in [2.05, 4.69) is 16.4 Å². The lowest BCUT2D eigenvalue weighted by atomic mass is 9.83. The highest BCUT2D eigenvalue weighted by Gasteiger charge is 2.35. The van der Waals surface area contributed by atoms with Gasteiger partial charge in [-0.1, -0.05) is 13.8 Å². The molecule has 0 aromatic carbocycles. The Balaban J connectivity index is 2.82. The molecule has 5 heteroatoms. The molecule has 0 radical (unpaired) electrons. The summed E-state index contributed by atoms with van der Waals surface area (Å²) in [4.78, 5) is 17.1. The highest BCUT2D eigenvalue weighted by Crippen LogP contribution is 2.28. The molecular weight excluding hydrogens is 222 g/mol. The van der Waals surface area contributed by atoms with Crippen LogP contribution in [-0.4, -0.2) is 10.9 Å². The zero-order chi connectivity index (χ0) is 12.2. The molecule has 0 saturated heterocycles. The van der Waals surface area contributed by atoms with Gasteiger partial charge in [0.1, 0.15) is 5.41 Å². The fourth-order valence-corrected chi connectivity index (χ4v) is 2.07. The lowest BCUT2D eigenvalue weighted by Crippen LogP contribution is -2.33. The van der Waals surface area contributed by atoms with E-state index in [1.54, 1.807) is 6.20 Å². The lowest BCUT2D eigenvalue weighted by molar-refractivity contribution is -0.123. The number of nitrogens with zero attached hydrogens (tertiary/aromatic N) is 2. The van der Waals surface area contributed by atoms with Crippen LogP contribution in [0.5, 0.6) is 0 Å². The van der Waals surface area contributed by atoms with Crippen molar-refractivity contribution >= 4 is 22.4 Å². The second-order valence-electron chi connectivity index (χ2n) is 3.63. The summed E-state index contributed by atoms with van der Waals surface area (Å²) in [5.74, 6) is -0.255. The van der Waals surface area contributed by atoms with Crippen LogP contribution in [0.2, 0.25) is 0 Å². The number of rotatable bonds is 4. The Kier molecular flexibility index (Phi) is 4.02. The summed E-state index contributed by atoms with van der Waals surface area (Å²) < 4.78 is 0. The maximum Gasteiger partial charge on any atom is 0.246 e.